The number of ether oxygens (including phenoxy) is 1. The Labute approximate surface area is 111 Å². The van der Waals surface area contributed by atoms with Crippen LogP contribution in [0.4, 0.5) is 10.5 Å². The van der Waals surface area contributed by atoms with Gasteiger partial charge in [-0.05, 0) is 18.6 Å². The summed E-state index contributed by atoms with van der Waals surface area (Å²) in [7, 11) is 0. The number of para-hydroxylation sites is 1. The van der Waals surface area contributed by atoms with Crippen molar-refractivity contribution in [3.8, 4) is 0 Å². The van der Waals surface area contributed by atoms with Crippen LogP contribution >= 0.6 is 12.2 Å². The largest absolute Gasteiger partial charge is 0.389 e. The summed E-state index contributed by atoms with van der Waals surface area (Å²) >= 11 is 4.93. The minimum atomic E-state index is -0.269. The van der Waals surface area contributed by atoms with Gasteiger partial charge in [-0.1, -0.05) is 24.4 Å². The van der Waals surface area contributed by atoms with Gasteiger partial charge in [0.2, 0.25) is 0 Å². The molecule has 0 bridgehead atoms. The molecule has 1 aromatic carbocycles. The normalized spacial score (nSPS) is 18.3. The third-order valence-corrected chi connectivity index (χ3v) is 2.93. The molecule has 1 saturated heterocycles. The number of nitrogens with one attached hydrogen (secondary N) is 2. The van der Waals surface area contributed by atoms with Crippen molar-refractivity contribution in [3.63, 3.8) is 0 Å². The van der Waals surface area contributed by atoms with Crippen molar-refractivity contribution in [1.82, 2.24) is 5.32 Å². The Morgan fingerprint density at radius 1 is 1.44 bits per heavy atom. The monoisotopic (exact) mass is 265 g/mol. The highest BCUT2D eigenvalue weighted by Gasteiger charge is 2.18. The van der Waals surface area contributed by atoms with Gasteiger partial charge in [-0.2, -0.15) is 0 Å². The van der Waals surface area contributed by atoms with Gasteiger partial charge in [0.1, 0.15) is 4.99 Å². The van der Waals surface area contributed by atoms with Gasteiger partial charge < -0.3 is 21.1 Å². The molecule has 6 heteroatoms. The number of carbonyl (C=O) groups excluding carboxylic acids is 1. The van der Waals surface area contributed by atoms with Crippen LogP contribution in [0.15, 0.2) is 24.3 Å². The molecule has 2 rings (SSSR count). The van der Waals surface area contributed by atoms with Crippen molar-refractivity contribution >= 4 is 28.9 Å². The molecule has 1 heterocycles. The second-order valence-corrected chi connectivity index (χ2v) is 4.51. The van der Waals surface area contributed by atoms with Crippen molar-refractivity contribution in [1.29, 1.82) is 0 Å². The molecule has 1 aliphatic heterocycles. The van der Waals surface area contributed by atoms with Crippen LogP contribution in [0.1, 0.15) is 12.0 Å². The van der Waals surface area contributed by atoms with E-state index in [1.54, 1.807) is 12.1 Å². The minimum Gasteiger partial charge on any atom is -0.389 e. The Morgan fingerprint density at radius 2 is 2.22 bits per heavy atom. The predicted octanol–water partition coefficient (Wildman–Crippen LogP) is 1.23. The Kier molecular flexibility index (Phi) is 4.11. The van der Waals surface area contributed by atoms with E-state index in [2.05, 4.69) is 10.6 Å². The lowest BCUT2D eigenvalue weighted by Crippen LogP contribution is -2.38. The maximum Gasteiger partial charge on any atom is 0.319 e. The van der Waals surface area contributed by atoms with Crippen LogP contribution in [0.25, 0.3) is 0 Å². The van der Waals surface area contributed by atoms with E-state index in [0.29, 0.717) is 24.5 Å². The highest BCUT2D eigenvalue weighted by molar-refractivity contribution is 7.80. The molecule has 0 aromatic heterocycles. The topological polar surface area (TPSA) is 76.4 Å². The fourth-order valence-corrected chi connectivity index (χ4v) is 1.98. The third kappa shape index (κ3) is 3.18. The first-order valence-electron chi connectivity index (χ1n) is 5.71. The third-order valence-electron chi connectivity index (χ3n) is 2.71. The van der Waals surface area contributed by atoms with E-state index in [4.69, 9.17) is 22.7 Å². The Balaban J connectivity index is 2.00. The van der Waals surface area contributed by atoms with E-state index in [-0.39, 0.29) is 17.1 Å². The number of thiocarbonyl (C=S) groups is 1. The Hall–Kier alpha value is -1.66. The molecule has 2 amide bonds. The van der Waals surface area contributed by atoms with E-state index in [1.165, 1.54) is 0 Å². The predicted molar refractivity (Wildman–Crippen MR) is 73.7 cm³/mol. The zero-order valence-corrected chi connectivity index (χ0v) is 10.6. The van der Waals surface area contributed by atoms with E-state index in [1.807, 2.05) is 12.1 Å². The maximum absolute atomic E-state index is 11.8. The van der Waals surface area contributed by atoms with Crippen molar-refractivity contribution in [2.75, 3.05) is 18.5 Å². The van der Waals surface area contributed by atoms with Crippen LogP contribution < -0.4 is 16.4 Å². The average molecular weight is 265 g/mol. The number of nitrogens with two attached hydrogens (primary N) is 1. The van der Waals surface area contributed by atoms with Gasteiger partial charge in [-0.25, -0.2) is 4.79 Å². The molecular weight excluding hydrogens is 250 g/mol. The van der Waals surface area contributed by atoms with Crippen LogP contribution in [0, 0.1) is 0 Å². The van der Waals surface area contributed by atoms with E-state index in [9.17, 15) is 4.79 Å². The summed E-state index contributed by atoms with van der Waals surface area (Å²) in [5, 5.41) is 5.58. The zero-order chi connectivity index (χ0) is 13.0. The minimum absolute atomic E-state index is 0.0713. The molecule has 1 unspecified atom stereocenters. The molecular formula is C12H15N3O2S. The quantitative estimate of drug-likeness (QED) is 0.718. The molecule has 18 heavy (non-hydrogen) atoms. The lowest BCUT2D eigenvalue weighted by Gasteiger charge is -2.13. The van der Waals surface area contributed by atoms with Crippen LogP contribution in [0.5, 0.6) is 0 Å². The summed E-state index contributed by atoms with van der Waals surface area (Å²) in [6.07, 6.45) is 0.838. The Bertz CT molecular complexity index is 458. The SMILES string of the molecule is NC(=S)c1ccccc1NC(=O)NC1CCOC1. The second kappa shape index (κ2) is 5.79. The molecule has 1 aliphatic rings. The fraction of sp³-hybridized carbons (Fsp3) is 0.333. The summed E-state index contributed by atoms with van der Waals surface area (Å²) in [5.74, 6) is 0. The summed E-state index contributed by atoms with van der Waals surface area (Å²) < 4.78 is 5.19. The molecule has 0 aliphatic carbocycles. The van der Waals surface area contributed by atoms with E-state index >= 15 is 0 Å². The number of rotatable bonds is 3. The van der Waals surface area contributed by atoms with Gasteiger partial charge in [-0.3, -0.25) is 0 Å². The fourth-order valence-electron chi connectivity index (χ4n) is 1.80. The molecule has 0 saturated carbocycles. The smallest absolute Gasteiger partial charge is 0.319 e. The van der Waals surface area contributed by atoms with Crippen LogP contribution in [-0.2, 0) is 4.74 Å². The molecule has 1 atom stereocenters. The maximum atomic E-state index is 11.8. The molecule has 0 spiro atoms. The van der Waals surface area contributed by atoms with E-state index in [0.717, 1.165) is 6.42 Å². The standard InChI is InChI=1S/C12H15N3O2S/c13-11(18)9-3-1-2-4-10(9)15-12(16)14-8-5-6-17-7-8/h1-4,8H,5-7H2,(H2,13,18)(H2,14,15,16). The molecule has 5 nitrogen and oxygen atoms in total. The van der Waals surface area contributed by atoms with Crippen molar-refractivity contribution in [2.45, 2.75) is 12.5 Å². The lowest BCUT2D eigenvalue weighted by molar-refractivity contribution is 0.189. The Morgan fingerprint density at radius 3 is 2.89 bits per heavy atom. The van der Waals surface area contributed by atoms with Gasteiger partial charge in [0.15, 0.2) is 0 Å². The molecule has 1 aromatic rings. The summed E-state index contributed by atoms with van der Waals surface area (Å²) in [6.45, 7) is 1.25. The van der Waals surface area contributed by atoms with Crippen molar-refractivity contribution in [2.24, 2.45) is 5.73 Å². The van der Waals surface area contributed by atoms with E-state index < -0.39 is 0 Å². The molecule has 1 fully saturated rings. The van der Waals surface area contributed by atoms with Gasteiger partial charge in [0.05, 0.1) is 18.3 Å². The van der Waals surface area contributed by atoms with Gasteiger partial charge in [0, 0.05) is 12.2 Å². The first kappa shape index (κ1) is 12.8. The number of urea groups is 1. The van der Waals surface area contributed by atoms with Gasteiger partial charge >= 0.3 is 6.03 Å². The molecule has 96 valence electrons. The first-order valence-corrected chi connectivity index (χ1v) is 6.12. The van der Waals surface area contributed by atoms with Crippen LogP contribution in [-0.4, -0.2) is 30.3 Å². The first-order chi connectivity index (χ1) is 8.66. The number of hydrogen-bond donors (Lipinski definition) is 3. The highest BCUT2D eigenvalue weighted by Crippen LogP contribution is 2.14. The molecule has 0 radical (unpaired) electrons. The number of carbonyl (C=O) groups is 1. The van der Waals surface area contributed by atoms with Crippen molar-refractivity contribution in [3.05, 3.63) is 29.8 Å². The van der Waals surface area contributed by atoms with Crippen molar-refractivity contribution < 1.29 is 9.53 Å². The summed E-state index contributed by atoms with van der Waals surface area (Å²) in [5.41, 5.74) is 6.86. The van der Waals surface area contributed by atoms with Crippen LogP contribution in [0.3, 0.4) is 0 Å². The number of anilines is 1. The van der Waals surface area contributed by atoms with Gasteiger partial charge in [0.25, 0.3) is 0 Å². The average Bonchev–Trinajstić information content (AvgIpc) is 2.82. The number of amides is 2. The molecule has 4 N–H and O–H groups in total. The number of benzene rings is 1. The number of hydrogen-bond acceptors (Lipinski definition) is 3. The summed E-state index contributed by atoms with van der Waals surface area (Å²) in [4.78, 5) is 12.0. The summed E-state index contributed by atoms with van der Waals surface area (Å²) in [6, 6.07) is 6.98. The zero-order valence-electron chi connectivity index (χ0n) is 9.81. The van der Waals surface area contributed by atoms with Crippen LogP contribution in [0.2, 0.25) is 0 Å². The lowest BCUT2D eigenvalue weighted by atomic mass is 10.2. The highest BCUT2D eigenvalue weighted by atomic mass is 32.1. The van der Waals surface area contributed by atoms with Gasteiger partial charge in [-0.15, -0.1) is 0 Å². The second-order valence-electron chi connectivity index (χ2n) is 4.07.